The summed E-state index contributed by atoms with van der Waals surface area (Å²) in [5.74, 6) is 0. The molecule has 14 heavy (non-hydrogen) atoms. The molecular weight excluding hydrogens is 198 g/mol. The lowest BCUT2D eigenvalue weighted by Gasteiger charge is -2.15. The Hall–Kier alpha value is -0.610. The second-order valence-corrected chi connectivity index (χ2v) is 5.54. The molecule has 80 valence electrons. The van der Waals surface area contributed by atoms with E-state index in [2.05, 4.69) is 4.72 Å². The zero-order chi connectivity index (χ0) is 10.8. The first-order valence-electron chi connectivity index (χ1n) is 4.82. The zero-order valence-electron chi connectivity index (χ0n) is 8.87. The van der Waals surface area contributed by atoms with Crippen LogP contribution in [0, 0.1) is 0 Å². The Morgan fingerprint density at radius 1 is 1.43 bits per heavy atom. The summed E-state index contributed by atoms with van der Waals surface area (Å²) in [6.07, 6.45) is 5.38. The van der Waals surface area contributed by atoms with E-state index in [9.17, 15) is 8.42 Å². The molecule has 0 aliphatic heterocycles. The van der Waals surface area contributed by atoms with Gasteiger partial charge < -0.3 is 0 Å². The summed E-state index contributed by atoms with van der Waals surface area (Å²) >= 11 is 0. The molecule has 1 aliphatic carbocycles. The fourth-order valence-electron chi connectivity index (χ4n) is 1.45. The van der Waals surface area contributed by atoms with Gasteiger partial charge in [0.2, 0.25) is 10.0 Å². The van der Waals surface area contributed by atoms with Gasteiger partial charge in [0.05, 0.1) is 4.91 Å². The first-order valence-corrected chi connectivity index (χ1v) is 6.30. The number of sulfonamides is 1. The summed E-state index contributed by atoms with van der Waals surface area (Å²) in [6.45, 7) is 5.51. The minimum absolute atomic E-state index is 0.0596. The summed E-state index contributed by atoms with van der Waals surface area (Å²) in [5, 5.41) is 0. The minimum Gasteiger partial charge on any atom is -0.209 e. The van der Waals surface area contributed by atoms with Crippen LogP contribution in [0.4, 0.5) is 0 Å². The van der Waals surface area contributed by atoms with Crippen molar-refractivity contribution in [3.05, 3.63) is 22.6 Å². The molecule has 0 saturated carbocycles. The van der Waals surface area contributed by atoms with Gasteiger partial charge in [-0.2, -0.15) is 0 Å². The summed E-state index contributed by atoms with van der Waals surface area (Å²) < 4.78 is 26.2. The number of hydrogen-bond acceptors (Lipinski definition) is 2. The summed E-state index contributed by atoms with van der Waals surface area (Å²) in [5.41, 5.74) is 0.945. The van der Waals surface area contributed by atoms with E-state index in [-0.39, 0.29) is 6.04 Å². The second kappa shape index (κ2) is 4.28. The molecule has 1 N–H and O–H groups in total. The molecule has 0 aromatic rings. The Bertz CT molecular complexity index is 364. The molecule has 1 aliphatic rings. The molecule has 0 aromatic heterocycles. The average molecular weight is 215 g/mol. The van der Waals surface area contributed by atoms with Gasteiger partial charge in [-0.15, -0.1) is 0 Å². The Kier molecular flexibility index (Phi) is 3.50. The smallest absolute Gasteiger partial charge is 0.209 e. The van der Waals surface area contributed by atoms with Crippen molar-refractivity contribution in [2.45, 2.75) is 39.7 Å². The molecular formula is C10H17NO2S. The third-order valence-corrected chi connectivity index (χ3v) is 3.90. The Labute approximate surface area is 85.9 Å². The summed E-state index contributed by atoms with van der Waals surface area (Å²) in [7, 11) is -3.29. The molecule has 4 heteroatoms. The maximum absolute atomic E-state index is 11.8. The third kappa shape index (κ3) is 2.69. The number of hydrogen-bond donors (Lipinski definition) is 1. The van der Waals surface area contributed by atoms with E-state index in [1.165, 1.54) is 0 Å². The van der Waals surface area contributed by atoms with Crippen LogP contribution in [0.1, 0.15) is 33.6 Å². The van der Waals surface area contributed by atoms with Crippen LogP contribution < -0.4 is 4.72 Å². The zero-order valence-corrected chi connectivity index (χ0v) is 9.69. The van der Waals surface area contributed by atoms with E-state index in [0.717, 1.165) is 18.4 Å². The normalized spacial score (nSPS) is 18.0. The highest BCUT2D eigenvalue weighted by Crippen LogP contribution is 2.22. The molecule has 0 spiro atoms. The molecule has 3 nitrogen and oxygen atoms in total. The van der Waals surface area contributed by atoms with Crippen molar-refractivity contribution >= 4 is 10.0 Å². The Balaban J connectivity index is 2.98. The maximum atomic E-state index is 11.8. The Morgan fingerprint density at radius 3 is 2.57 bits per heavy atom. The molecule has 0 bridgehead atoms. The first kappa shape index (κ1) is 11.5. The quantitative estimate of drug-likeness (QED) is 0.782. The van der Waals surface area contributed by atoms with Crippen LogP contribution in [0.15, 0.2) is 22.6 Å². The third-order valence-electron chi connectivity index (χ3n) is 2.06. The van der Waals surface area contributed by atoms with E-state index < -0.39 is 10.0 Å². The van der Waals surface area contributed by atoms with Crippen LogP contribution in [0.25, 0.3) is 0 Å². The van der Waals surface area contributed by atoms with E-state index >= 15 is 0 Å². The van der Waals surface area contributed by atoms with Gasteiger partial charge in [-0.05, 0) is 39.7 Å². The van der Waals surface area contributed by atoms with Crippen molar-refractivity contribution in [1.82, 2.24) is 4.72 Å². The highest BCUT2D eigenvalue weighted by Gasteiger charge is 2.19. The molecule has 0 heterocycles. The molecule has 0 fully saturated rings. The largest absolute Gasteiger partial charge is 0.240 e. The molecule has 0 amide bonds. The number of allylic oxidation sites excluding steroid dienone is 3. The lowest BCUT2D eigenvalue weighted by Crippen LogP contribution is -2.31. The molecule has 1 rings (SSSR count). The average Bonchev–Trinajstić information content (AvgIpc) is 2.02. The van der Waals surface area contributed by atoms with E-state index in [0.29, 0.717) is 4.91 Å². The van der Waals surface area contributed by atoms with E-state index in [1.807, 2.05) is 26.8 Å². The van der Waals surface area contributed by atoms with Gasteiger partial charge in [-0.25, -0.2) is 13.1 Å². The van der Waals surface area contributed by atoms with Gasteiger partial charge in [0.1, 0.15) is 0 Å². The van der Waals surface area contributed by atoms with Gasteiger partial charge in [0.25, 0.3) is 0 Å². The minimum atomic E-state index is -3.29. The SMILES string of the molecule is CC1=C(S(=O)(=O)NC(C)C)C=CCC1. The number of nitrogens with one attached hydrogen (secondary N) is 1. The van der Waals surface area contributed by atoms with E-state index in [4.69, 9.17) is 0 Å². The van der Waals surface area contributed by atoms with Crippen LogP contribution >= 0.6 is 0 Å². The predicted octanol–water partition coefficient (Wildman–Crippen LogP) is 1.94. The van der Waals surface area contributed by atoms with Crippen molar-refractivity contribution in [3.8, 4) is 0 Å². The highest BCUT2D eigenvalue weighted by atomic mass is 32.2. The van der Waals surface area contributed by atoms with Crippen LogP contribution in [0.5, 0.6) is 0 Å². The van der Waals surface area contributed by atoms with Gasteiger partial charge in [0, 0.05) is 6.04 Å². The fourth-order valence-corrected chi connectivity index (χ4v) is 3.03. The monoisotopic (exact) mass is 215 g/mol. The molecule has 0 unspecified atom stereocenters. The van der Waals surface area contributed by atoms with Crippen molar-refractivity contribution in [2.24, 2.45) is 0 Å². The van der Waals surface area contributed by atoms with Gasteiger partial charge >= 0.3 is 0 Å². The van der Waals surface area contributed by atoms with E-state index in [1.54, 1.807) is 6.08 Å². The van der Waals surface area contributed by atoms with Crippen molar-refractivity contribution < 1.29 is 8.42 Å². The summed E-state index contributed by atoms with van der Waals surface area (Å²) in [4.78, 5) is 0.442. The van der Waals surface area contributed by atoms with Crippen LogP contribution in [0.2, 0.25) is 0 Å². The van der Waals surface area contributed by atoms with Crippen molar-refractivity contribution in [2.75, 3.05) is 0 Å². The molecule has 0 atom stereocenters. The van der Waals surface area contributed by atoms with Crippen molar-refractivity contribution in [1.29, 1.82) is 0 Å². The lowest BCUT2D eigenvalue weighted by molar-refractivity contribution is 0.576. The fraction of sp³-hybridized carbons (Fsp3) is 0.600. The highest BCUT2D eigenvalue weighted by molar-refractivity contribution is 7.93. The molecule has 0 radical (unpaired) electrons. The van der Waals surface area contributed by atoms with Crippen LogP contribution in [0.3, 0.4) is 0 Å². The molecule has 0 saturated heterocycles. The van der Waals surface area contributed by atoms with Gasteiger partial charge in [0.15, 0.2) is 0 Å². The summed E-state index contributed by atoms with van der Waals surface area (Å²) in [6, 6.07) is -0.0596. The molecule has 0 aromatic carbocycles. The van der Waals surface area contributed by atoms with Crippen LogP contribution in [-0.4, -0.2) is 14.5 Å². The number of rotatable bonds is 3. The van der Waals surface area contributed by atoms with Gasteiger partial charge in [-0.1, -0.05) is 11.6 Å². The second-order valence-electron chi connectivity index (χ2n) is 3.86. The topological polar surface area (TPSA) is 46.2 Å². The van der Waals surface area contributed by atoms with Crippen LogP contribution in [-0.2, 0) is 10.0 Å². The lowest BCUT2D eigenvalue weighted by atomic mass is 10.1. The first-order chi connectivity index (χ1) is 6.43. The predicted molar refractivity (Wildman–Crippen MR) is 58.3 cm³/mol. The maximum Gasteiger partial charge on any atom is 0.240 e. The standard InChI is InChI=1S/C10H17NO2S/c1-8(2)11-14(12,13)10-7-5-4-6-9(10)3/h5,7-8,11H,4,6H2,1-3H3. The van der Waals surface area contributed by atoms with Gasteiger partial charge in [-0.3, -0.25) is 0 Å². The van der Waals surface area contributed by atoms with Crippen molar-refractivity contribution in [3.63, 3.8) is 0 Å². The Morgan fingerprint density at radius 2 is 2.07 bits per heavy atom.